The molecule has 25 heavy (non-hydrogen) atoms. The molecule has 2 aromatic carbocycles. The minimum Gasteiger partial charge on any atom is -0.478 e. The number of hydrogen-bond donors (Lipinski definition) is 1. The first-order valence-electron chi connectivity index (χ1n) is 6.81. The molecular formula is C17H10BrCl2F3O2. The van der Waals surface area contributed by atoms with Crippen molar-refractivity contribution in [2.24, 2.45) is 0 Å². The summed E-state index contributed by atoms with van der Waals surface area (Å²) in [5.41, 5.74) is 0.355. The standard InChI is InChI=1S/C17H10BrCl2F3O2/c18-15-5-9(1-3-13(15)16(24)25)2-4-14(17(21,22)23)10-6-11(19)8-12(20)7-10/h1-8,14H,(H,24,25). The van der Waals surface area contributed by atoms with Crippen LogP contribution in [0.4, 0.5) is 13.2 Å². The third-order valence-corrected chi connectivity index (χ3v) is 4.39. The first-order valence-corrected chi connectivity index (χ1v) is 8.36. The van der Waals surface area contributed by atoms with Gasteiger partial charge in [0.25, 0.3) is 0 Å². The van der Waals surface area contributed by atoms with Crippen LogP contribution >= 0.6 is 39.1 Å². The zero-order valence-electron chi connectivity index (χ0n) is 12.3. The maximum absolute atomic E-state index is 13.4. The predicted molar refractivity (Wildman–Crippen MR) is 95.4 cm³/mol. The van der Waals surface area contributed by atoms with Gasteiger partial charge in [-0.15, -0.1) is 0 Å². The number of aromatic carboxylic acids is 1. The van der Waals surface area contributed by atoms with E-state index in [1.54, 1.807) is 0 Å². The predicted octanol–water partition coefficient (Wildman–Crippen LogP) is 6.81. The average Bonchev–Trinajstić information content (AvgIpc) is 2.44. The van der Waals surface area contributed by atoms with Gasteiger partial charge in [-0.2, -0.15) is 13.2 Å². The lowest BCUT2D eigenvalue weighted by Crippen LogP contribution is -2.18. The summed E-state index contributed by atoms with van der Waals surface area (Å²) in [5.74, 6) is -3.04. The van der Waals surface area contributed by atoms with Gasteiger partial charge >= 0.3 is 12.1 Å². The molecule has 2 aromatic rings. The molecule has 1 N–H and O–H groups in total. The summed E-state index contributed by atoms with van der Waals surface area (Å²) < 4.78 is 40.5. The Morgan fingerprint density at radius 2 is 1.72 bits per heavy atom. The van der Waals surface area contributed by atoms with Gasteiger partial charge in [-0.05, 0) is 57.4 Å². The summed E-state index contributed by atoms with van der Waals surface area (Å²) in [6, 6.07) is 7.93. The fourth-order valence-electron chi connectivity index (χ4n) is 2.18. The topological polar surface area (TPSA) is 37.3 Å². The van der Waals surface area contributed by atoms with E-state index in [-0.39, 0.29) is 25.6 Å². The number of carbonyl (C=O) groups is 1. The van der Waals surface area contributed by atoms with Crippen LogP contribution in [0.5, 0.6) is 0 Å². The number of halogens is 6. The lowest BCUT2D eigenvalue weighted by Gasteiger charge is -2.18. The zero-order valence-corrected chi connectivity index (χ0v) is 15.4. The van der Waals surface area contributed by atoms with Gasteiger partial charge in [-0.25, -0.2) is 4.79 Å². The fraction of sp³-hybridized carbons (Fsp3) is 0.118. The number of benzene rings is 2. The maximum atomic E-state index is 13.4. The van der Waals surface area contributed by atoms with Crippen LogP contribution in [0, 0.1) is 0 Å². The van der Waals surface area contributed by atoms with E-state index in [0.717, 1.165) is 6.08 Å². The number of rotatable bonds is 4. The molecule has 0 radical (unpaired) electrons. The second-order valence-electron chi connectivity index (χ2n) is 5.13. The monoisotopic (exact) mass is 452 g/mol. The van der Waals surface area contributed by atoms with Crippen LogP contribution in [0.3, 0.4) is 0 Å². The van der Waals surface area contributed by atoms with Crippen LogP contribution in [-0.2, 0) is 0 Å². The van der Waals surface area contributed by atoms with Crippen molar-refractivity contribution in [2.75, 3.05) is 0 Å². The molecule has 0 amide bonds. The molecule has 0 aliphatic heterocycles. The minimum atomic E-state index is -4.54. The van der Waals surface area contributed by atoms with Crippen LogP contribution in [0.25, 0.3) is 6.08 Å². The molecule has 8 heteroatoms. The Labute approximate surface area is 160 Å². The lowest BCUT2D eigenvalue weighted by atomic mass is 9.97. The molecule has 0 saturated heterocycles. The van der Waals surface area contributed by atoms with Crippen LogP contribution in [-0.4, -0.2) is 17.3 Å². The quantitative estimate of drug-likeness (QED) is 0.551. The molecule has 0 spiro atoms. The second-order valence-corrected chi connectivity index (χ2v) is 6.85. The van der Waals surface area contributed by atoms with Crippen LogP contribution < -0.4 is 0 Å². The van der Waals surface area contributed by atoms with Crippen molar-refractivity contribution in [3.05, 3.63) is 73.7 Å². The summed E-state index contributed by atoms with van der Waals surface area (Å²) in [4.78, 5) is 11.0. The number of hydrogen-bond acceptors (Lipinski definition) is 1. The van der Waals surface area contributed by atoms with Crippen molar-refractivity contribution in [1.82, 2.24) is 0 Å². The number of carboxylic acid groups (broad SMARTS) is 1. The van der Waals surface area contributed by atoms with Gasteiger partial charge in [0, 0.05) is 14.5 Å². The highest BCUT2D eigenvalue weighted by atomic mass is 79.9. The van der Waals surface area contributed by atoms with E-state index in [1.807, 2.05) is 0 Å². The van der Waals surface area contributed by atoms with Crippen molar-refractivity contribution < 1.29 is 23.1 Å². The van der Waals surface area contributed by atoms with Crippen LogP contribution in [0.2, 0.25) is 10.0 Å². The van der Waals surface area contributed by atoms with E-state index < -0.39 is 18.1 Å². The third-order valence-electron chi connectivity index (χ3n) is 3.30. The summed E-state index contributed by atoms with van der Waals surface area (Å²) in [6.07, 6.45) is -2.30. The molecule has 0 aliphatic carbocycles. The molecule has 1 unspecified atom stereocenters. The van der Waals surface area contributed by atoms with Gasteiger partial charge in [0.1, 0.15) is 0 Å². The Balaban J connectivity index is 2.39. The molecule has 2 rings (SSSR count). The lowest BCUT2D eigenvalue weighted by molar-refractivity contribution is -0.139. The Kier molecular flexibility index (Phi) is 6.19. The van der Waals surface area contributed by atoms with E-state index >= 15 is 0 Å². The molecule has 0 bridgehead atoms. The highest BCUT2D eigenvalue weighted by Gasteiger charge is 2.39. The Morgan fingerprint density at radius 1 is 1.12 bits per heavy atom. The van der Waals surface area contributed by atoms with Crippen molar-refractivity contribution in [3.8, 4) is 0 Å². The molecule has 0 fully saturated rings. The van der Waals surface area contributed by atoms with E-state index in [4.69, 9.17) is 28.3 Å². The van der Waals surface area contributed by atoms with Gasteiger partial charge in [0.05, 0.1) is 11.5 Å². The summed E-state index contributed by atoms with van der Waals surface area (Å²) >= 11 is 14.7. The van der Waals surface area contributed by atoms with Crippen molar-refractivity contribution in [2.45, 2.75) is 12.1 Å². The maximum Gasteiger partial charge on any atom is 0.399 e. The van der Waals surface area contributed by atoms with E-state index in [1.165, 1.54) is 42.5 Å². The zero-order chi connectivity index (χ0) is 18.8. The summed E-state index contributed by atoms with van der Waals surface area (Å²) in [7, 11) is 0. The van der Waals surface area contributed by atoms with E-state index in [0.29, 0.717) is 5.56 Å². The molecule has 1 atom stereocenters. The SMILES string of the molecule is O=C(O)c1ccc(C=CC(c2cc(Cl)cc(Cl)c2)C(F)(F)F)cc1Br. The van der Waals surface area contributed by atoms with Crippen LogP contribution in [0.1, 0.15) is 27.4 Å². The highest BCUT2D eigenvalue weighted by Crippen LogP contribution is 2.38. The molecule has 0 heterocycles. The van der Waals surface area contributed by atoms with Gasteiger partial charge in [-0.1, -0.05) is 41.4 Å². The Hall–Kier alpha value is -1.50. The first kappa shape index (κ1) is 19.8. The van der Waals surface area contributed by atoms with E-state index in [9.17, 15) is 18.0 Å². The van der Waals surface area contributed by atoms with Gasteiger partial charge < -0.3 is 5.11 Å². The average molecular weight is 454 g/mol. The molecule has 132 valence electrons. The largest absolute Gasteiger partial charge is 0.478 e. The molecule has 2 nitrogen and oxygen atoms in total. The van der Waals surface area contributed by atoms with Crippen LogP contribution in [0.15, 0.2) is 46.9 Å². The molecule has 0 saturated carbocycles. The van der Waals surface area contributed by atoms with Crippen molar-refractivity contribution in [3.63, 3.8) is 0 Å². The number of carboxylic acids is 1. The smallest absolute Gasteiger partial charge is 0.399 e. The van der Waals surface area contributed by atoms with Gasteiger partial charge in [-0.3, -0.25) is 0 Å². The molecule has 0 aliphatic rings. The Morgan fingerprint density at radius 3 is 2.20 bits per heavy atom. The number of alkyl halides is 3. The van der Waals surface area contributed by atoms with Gasteiger partial charge in [0.2, 0.25) is 0 Å². The summed E-state index contributed by atoms with van der Waals surface area (Å²) in [5, 5.41) is 9.18. The highest BCUT2D eigenvalue weighted by molar-refractivity contribution is 9.10. The molecular weight excluding hydrogens is 444 g/mol. The van der Waals surface area contributed by atoms with Crippen molar-refractivity contribution >= 4 is 51.2 Å². The first-order chi connectivity index (χ1) is 11.6. The van der Waals surface area contributed by atoms with E-state index in [2.05, 4.69) is 15.9 Å². The van der Waals surface area contributed by atoms with Crippen molar-refractivity contribution in [1.29, 1.82) is 0 Å². The minimum absolute atomic E-state index is 0.0196. The molecule has 0 aromatic heterocycles. The summed E-state index contributed by atoms with van der Waals surface area (Å²) in [6.45, 7) is 0. The van der Waals surface area contributed by atoms with Gasteiger partial charge in [0.15, 0.2) is 0 Å². The fourth-order valence-corrected chi connectivity index (χ4v) is 3.29. The second kappa shape index (κ2) is 7.81. The Bertz CT molecular complexity index is 815. The third kappa shape index (κ3) is 5.23. The normalized spacial score (nSPS) is 13.2. The number of allylic oxidation sites excluding steroid dienone is 1.